The first-order valence-electron chi connectivity index (χ1n) is 6.47. The van der Waals surface area contributed by atoms with Crippen LogP contribution in [0.5, 0.6) is 0 Å². The second-order valence-electron chi connectivity index (χ2n) is 5.69. The third-order valence-corrected chi connectivity index (χ3v) is 5.08. The van der Waals surface area contributed by atoms with Crippen LogP contribution in [0, 0.1) is 6.92 Å². The van der Waals surface area contributed by atoms with Crippen LogP contribution in [0.15, 0.2) is 39.4 Å². The fraction of sp³-hybridized carbons (Fsp3) is 0.312. The van der Waals surface area contributed by atoms with Crippen LogP contribution in [0.3, 0.4) is 0 Å². The van der Waals surface area contributed by atoms with Gasteiger partial charge >= 0.3 is 0 Å². The summed E-state index contributed by atoms with van der Waals surface area (Å²) in [6, 6.07) is 8.16. The molecule has 0 bridgehead atoms. The van der Waals surface area contributed by atoms with Crippen LogP contribution < -0.4 is 0 Å². The first-order valence-corrected chi connectivity index (χ1v) is 8.52. The maximum Gasteiger partial charge on any atom is 0.144 e. The highest BCUT2D eigenvalue weighted by molar-refractivity contribution is 7.91. The lowest BCUT2D eigenvalue weighted by molar-refractivity contribution is 0.562. The molecule has 0 spiro atoms. The predicted molar refractivity (Wildman–Crippen MR) is 90.0 cm³/mol. The molecule has 2 rings (SSSR count). The van der Waals surface area contributed by atoms with Crippen LogP contribution in [0.1, 0.15) is 31.9 Å². The van der Waals surface area contributed by atoms with E-state index in [1.165, 1.54) is 16.7 Å². The van der Waals surface area contributed by atoms with Crippen molar-refractivity contribution >= 4 is 28.9 Å². The van der Waals surface area contributed by atoms with Crippen LogP contribution in [-0.2, 0) is 11.4 Å². The summed E-state index contributed by atoms with van der Waals surface area (Å²) in [5.74, 6) is 0. The number of thiophene rings is 1. The van der Waals surface area contributed by atoms with Crippen molar-refractivity contribution in [2.75, 3.05) is 0 Å². The summed E-state index contributed by atoms with van der Waals surface area (Å²) >= 11 is 0.492. The molecule has 0 aliphatic carbocycles. The minimum Gasteiger partial charge on any atom is -0.591 e. The van der Waals surface area contributed by atoms with Crippen LogP contribution in [0.4, 0.5) is 0 Å². The lowest BCUT2D eigenvalue weighted by Crippen LogP contribution is -2.25. The molecule has 1 heterocycles. The predicted octanol–water partition coefficient (Wildman–Crippen LogP) is 4.60. The Morgan fingerprint density at radius 3 is 2.60 bits per heavy atom. The Labute approximate surface area is 127 Å². The van der Waals surface area contributed by atoms with Crippen LogP contribution in [-0.4, -0.2) is 15.5 Å². The van der Waals surface area contributed by atoms with E-state index in [1.54, 1.807) is 17.6 Å². The Balaban J connectivity index is 2.23. The largest absolute Gasteiger partial charge is 0.591 e. The molecule has 106 valence electrons. The zero-order valence-corrected chi connectivity index (χ0v) is 13.8. The second-order valence-corrected chi connectivity index (χ2v) is 8.37. The van der Waals surface area contributed by atoms with Gasteiger partial charge in [-0.25, -0.2) is 0 Å². The SMILES string of the molecule is Cc1cscc1-c1cccc(/C=N/[S+]([O-])C(C)(C)C)c1. The molecule has 1 unspecified atom stereocenters. The third-order valence-electron chi connectivity index (χ3n) is 2.87. The quantitative estimate of drug-likeness (QED) is 0.602. The zero-order chi connectivity index (χ0) is 14.8. The molecule has 0 saturated heterocycles. The fourth-order valence-corrected chi connectivity index (χ4v) is 3.10. The van der Waals surface area contributed by atoms with E-state index in [2.05, 4.69) is 34.2 Å². The number of rotatable bonds is 3. The van der Waals surface area contributed by atoms with E-state index in [-0.39, 0.29) is 4.75 Å². The van der Waals surface area contributed by atoms with Crippen molar-refractivity contribution in [1.82, 2.24) is 0 Å². The van der Waals surface area contributed by atoms with Crippen molar-refractivity contribution in [3.63, 3.8) is 0 Å². The van der Waals surface area contributed by atoms with Gasteiger partial charge in [0, 0.05) is 0 Å². The van der Waals surface area contributed by atoms with E-state index < -0.39 is 11.4 Å². The van der Waals surface area contributed by atoms with Gasteiger partial charge in [0.1, 0.15) is 16.1 Å². The first kappa shape index (κ1) is 15.3. The Bertz CT molecular complexity index is 611. The molecule has 0 aliphatic rings. The van der Waals surface area contributed by atoms with Crippen molar-refractivity contribution in [1.29, 1.82) is 0 Å². The molecule has 0 N–H and O–H groups in total. The molecule has 0 amide bonds. The zero-order valence-electron chi connectivity index (χ0n) is 12.2. The van der Waals surface area contributed by atoms with E-state index in [0.717, 1.165) is 5.56 Å². The van der Waals surface area contributed by atoms with Gasteiger partial charge in [-0.05, 0) is 66.8 Å². The fourth-order valence-electron chi connectivity index (χ4n) is 1.71. The van der Waals surface area contributed by atoms with Crippen molar-refractivity contribution < 1.29 is 4.55 Å². The van der Waals surface area contributed by atoms with E-state index >= 15 is 0 Å². The average molecular weight is 305 g/mol. The van der Waals surface area contributed by atoms with Crippen LogP contribution >= 0.6 is 11.3 Å². The standard InChI is InChI=1S/C16H19NOS2/c1-12-10-19-11-15(12)14-7-5-6-13(8-14)9-17-20(18)16(2,3)4/h5-11H,1-4H3/b17-9+. The molecule has 2 aromatic rings. The Morgan fingerprint density at radius 2 is 2.00 bits per heavy atom. The molecule has 2 nitrogen and oxygen atoms in total. The van der Waals surface area contributed by atoms with Crippen molar-refractivity contribution in [2.24, 2.45) is 4.40 Å². The smallest absolute Gasteiger partial charge is 0.144 e. The van der Waals surface area contributed by atoms with E-state index in [1.807, 2.05) is 32.9 Å². The van der Waals surface area contributed by atoms with Gasteiger partial charge in [-0.15, -0.1) is 0 Å². The van der Waals surface area contributed by atoms with Gasteiger partial charge in [0.05, 0.1) is 6.21 Å². The van der Waals surface area contributed by atoms with E-state index in [9.17, 15) is 4.55 Å². The van der Waals surface area contributed by atoms with Gasteiger partial charge in [-0.2, -0.15) is 11.3 Å². The molecule has 1 atom stereocenters. The lowest BCUT2D eigenvalue weighted by atomic mass is 10.0. The van der Waals surface area contributed by atoms with Crippen LogP contribution in [0.25, 0.3) is 11.1 Å². The lowest BCUT2D eigenvalue weighted by Gasteiger charge is -2.17. The minimum atomic E-state index is -1.21. The normalized spacial score (nSPS) is 13.8. The molecule has 0 saturated carbocycles. The summed E-state index contributed by atoms with van der Waals surface area (Å²) in [6.07, 6.45) is 1.70. The van der Waals surface area contributed by atoms with Gasteiger partial charge in [0.2, 0.25) is 0 Å². The summed E-state index contributed by atoms with van der Waals surface area (Å²) in [5, 5.41) is 4.30. The summed E-state index contributed by atoms with van der Waals surface area (Å²) in [5.41, 5.74) is 4.68. The van der Waals surface area contributed by atoms with Gasteiger partial charge in [0.25, 0.3) is 0 Å². The number of benzene rings is 1. The highest BCUT2D eigenvalue weighted by atomic mass is 32.2. The minimum absolute atomic E-state index is 0.321. The Kier molecular flexibility index (Phi) is 4.68. The van der Waals surface area contributed by atoms with Crippen molar-refractivity contribution in [2.45, 2.75) is 32.4 Å². The van der Waals surface area contributed by atoms with Crippen LogP contribution in [0.2, 0.25) is 0 Å². The number of aryl methyl sites for hydroxylation is 1. The number of hydrogen-bond donors (Lipinski definition) is 0. The first-order chi connectivity index (χ1) is 9.38. The van der Waals surface area contributed by atoms with E-state index in [4.69, 9.17) is 0 Å². The topological polar surface area (TPSA) is 35.4 Å². The van der Waals surface area contributed by atoms with Crippen molar-refractivity contribution in [3.8, 4) is 11.1 Å². The highest BCUT2D eigenvalue weighted by Gasteiger charge is 2.25. The molecule has 1 aromatic heterocycles. The summed E-state index contributed by atoms with van der Waals surface area (Å²) in [4.78, 5) is 0. The average Bonchev–Trinajstić information content (AvgIpc) is 2.81. The third kappa shape index (κ3) is 3.72. The van der Waals surface area contributed by atoms with Gasteiger partial charge in [-0.3, -0.25) is 0 Å². The molecule has 0 fully saturated rings. The molecule has 1 aromatic carbocycles. The molecule has 4 heteroatoms. The second kappa shape index (κ2) is 6.12. The molecular formula is C16H19NOS2. The summed E-state index contributed by atoms with van der Waals surface area (Å²) < 4.78 is 15.8. The molecule has 0 aliphatic heterocycles. The summed E-state index contributed by atoms with van der Waals surface area (Å²) in [6.45, 7) is 7.88. The molecule has 0 radical (unpaired) electrons. The van der Waals surface area contributed by atoms with Gasteiger partial charge in [-0.1, -0.05) is 22.6 Å². The Morgan fingerprint density at radius 1 is 1.25 bits per heavy atom. The number of hydrogen-bond acceptors (Lipinski definition) is 3. The maximum atomic E-state index is 11.9. The Hall–Kier alpha value is -1.10. The molecule has 20 heavy (non-hydrogen) atoms. The van der Waals surface area contributed by atoms with Gasteiger partial charge in [0.15, 0.2) is 0 Å². The highest BCUT2D eigenvalue weighted by Crippen LogP contribution is 2.27. The van der Waals surface area contributed by atoms with Crippen molar-refractivity contribution in [3.05, 3.63) is 46.2 Å². The van der Waals surface area contributed by atoms with Gasteiger partial charge < -0.3 is 4.55 Å². The monoisotopic (exact) mass is 305 g/mol. The number of nitrogens with zero attached hydrogens (tertiary/aromatic N) is 1. The van der Waals surface area contributed by atoms with E-state index in [0.29, 0.717) is 0 Å². The maximum absolute atomic E-state index is 11.9. The molecular weight excluding hydrogens is 286 g/mol. The summed E-state index contributed by atoms with van der Waals surface area (Å²) in [7, 11) is 0.